The van der Waals surface area contributed by atoms with Crippen LogP contribution in [-0.4, -0.2) is 44.5 Å². The van der Waals surface area contributed by atoms with E-state index in [4.69, 9.17) is 18.9 Å². The SMILES string of the molecule is O=C(/C=C/c1ccccc1)OCCCCOC(=O)OCCCCOC(=O)/C=C/c1ccccc1. The maximum absolute atomic E-state index is 11.6. The van der Waals surface area contributed by atoms with Crippen LogP contribution in [-0.2, 0) is 28.5 Å². The van der Waals surface area contributed by atoms with Gasteiger partial charge in [-0.25, -0.2) is 14.4 Å². The van der Waals surface area contributed by atoms with E-state index < -0.39 is 18.1 Å². The first kappa shape index (κ1) is 26.4. The van der Waals surface area contributed by atoms with Gasteiger partial charge in [0.1, 0.15) is 0 Å². The van der Waals surface area contributed by atoms with Crippen molar-refractivity contribution in [1.82, 2.24) is 0 Å². The average Bonchev–Trinajstić information content (AvgIpc) is 2.87. The molecule has 2 aromatic carbocycles. The Hall–Kier alpha value is -3.87. The monoisotopic (exact) mass is 466 g/mol. The molecule has 0 unspecified atom stereocenters. The van der Waals surface area contributed by atoms with Crippen LogP contribution in [0.25, 0.3) is 12.2 Å². The van der Waals surface area contributed by atoms with E-state index >= 15 is 0 Å². The summed E-state index contributed by atoms with van der Waals surface area (Å²) in [5.74, 6) is -0.829. The second kappa shape index (κ2) is 16.7. The van der Waals surface area contributed by atoms with Crippen molar-refractivity contribution >= 4 is 30.2 Å². The third kappa shape index (κ3) is 12.9. The van der Waals surface area contributed by atoms with Crippen molar-refractivity contribution in [3.63, 3.8) is 0 Å². The quantitative estimate of drug-likeness (QED) is 0.163. The smallest absolute Gasteiger partial charge is 0.463 e. The summed E-state index contributed by atoms with van der Waals surface area (Å²) >= 11 is 0. The van der Waals surface area contributed by atoms with Crippen LogP contribution < -0.4 is 0 Å². The van der Waals surface area contributed by atoms with Crippen molar-refractivity contribution in [3.8, 4) is 0 Å². The Morgan fingerprint density at radius 2 is 0.882 bits per heavy atom. The number of esters is 2. The van der Waals surface area contributed by atoms with Crippen molar-refractivity contribution in [3.05, 3.63) is 83.9 Å². The Labute approximate surface area is 200 Å². The molecule has 2 rings (SSSR count). The average molecular weight is 467 g/mol. The molecule has 180 valence electrons. The number of carbonyl (C=O) groups excluding carboxylic acids is 3. The zero-order valence-corrected chi connectivity index (χ0v) is 19.1. The standard InChI is InChI=1S/C27H30O7/c28-25(17-15-23-11-3-1-4-12-23)31-19-7-9-21-33-27(30)34-22-10-8-20-32-26(29)18-16-24-13-5-2-6-14-24/h1-6,11-18H,7-10,19-22H2/b17-15+,18-16+. The molecule has 0 heterocycles. The summed E-state index contributed by atoms with van der Waals surface area (Å²) in [4.78, 5) is 34.8. The molecule has 0 aliphatic heterocycles. The molecule has 0 amide bonds. The summed E-state index contributed by atoms with van der Waals surface area (Å²) in [6, 6.07) is 18.9. The fourth-order valence-corrected chi connectivity index (χ4v) is 2.66. The molecule has 7 heteroatoms. The minimum absolute atomic E-state index is 0.182. The summed E-state index contributed by atoms with van der Waals surface area (Å²) in [5.41, 5.74) is 1.84. The maximum atomic E-state index is 11.6. The molecule has 0 aliphatic carbocycles. The van der Waals surface area contributed by atoms with Gasteiger partial charge in [0, 0.05) is 12.2 Å². The number of carbonyl (C=O) groups is 3. The molecule has 0 spiro atoms. The molecule has 0 fully saturated rings. The normalized spacial score (nSPS) is 10.8. The van der Waals surface area contributed by atoms with E-state index in [1.54, 1.807) is 12.2 Å². The molecule has 2 aromatic rings. The van der Waals surface area contributed by atoms with Crippen LogP contribution in [0.1, 0.15) is 36.8 Å². The van der Waals surface area contributed by atoms with Gasteiger partial charge in [0.05, 0.1) is 26.4 Å². The van der Waals surface area contributed by atoms with E-state index in [0.717, 1.165) is 11.1 Å². The maximum Gasteiger partial charge on any atom is 0.508 e. The van der Waals surface area contributed by atoms with Gasteiger partial charge in [-0.15, -0.1) is 0 Å². The van der Waals surface area contributed by atoms with E-state index in [1.807, 2.05) is 60.7 Å². The molecular formula is C27H30O7. The summed E-state index contributed by atoms with van der Waals surface area (Å²) in [6.07, 6.45) is 7.64. The van der Waals surface area contributed by atoms with Crippen LogP contribution in [0.15, 0.2) is 72.8 Å². The third-order valence-corrected chi connectivity index (χ3v) is 4.43. The Morgan fingerprint density at radius 3 is 1.26 bits per heavy atom. The Balaban J connectivity index is 1.39. The van der Waals surface area contributed by atoms with E-state index in [1.165, 1.54) is 12.2 Å². The highest BCUT2D eigenvalue weighted by Crippen LogP contribution is 2.03. The molecule has 0 saturated heterocycles. The van der Waals surface area contributed by atoms with Gasteiger partial charge in [-0.2, -0.15) is 0 Å². The molecule has 0 saturated carbocycles. The number of hydrogen-bond acceptors (Lipinski definition) is 7. The lowest BCUT2D eigenvalue weighted by Crippen LogP contribution is -2.11. The number of rotatable bonds is 14. The van der Waals surface area contributed by atoms with E-state index in [0.29, 0.717) is 25.7 Å². The largest absolute Gasteiger partial charge is 0.508 e. The summed E-state index contributed by atoms with van der Waals surface area (Å²) in [5, 5.41) is 0. The molecule has 0 radical (unpaired) electrons. The first-order valence-electron chi connectivity index (χ1n) is 11.2. The highest BCUT2D eigenvalue weighted by Gasteiger charge is 2.04. The van der Waals surface area contributed by atoms with Crippen LogP contribution in [0.5, 0.6) is 0 Å². The van der Waals surface area contributed by atoms with Crippen LogP contribution >= 0.6 is 0 Å². The van der Waals surface area contributed by atoms with Crippen molar-refractivity contribution in [2.45, 2.75) is 25.7 Å². The topological polar surface area (TPSA) is 88.1 Å². The molecule has 0 bridgehead atoms. The first-order chi connectivity index (χ1) is 16.6. The second-order valence-electron chi connectivity index (χ2n) is 7.18. The van der Waals surface area contributed by atoms with E-state index in [-0.39, 0.29) is 26.4 Å². The van der Waals surface area contributed by atoms with Gasteiger partial charge in [0.25, 0.3) is 0 Å². The number of ether oxygens (including phenoxy) is 4. The van der Waals surface area contributed by atoms with Crippen LogP contribution in [0, 0.1) is 0 Å². The minimum atomic E-state index is -0.745. The minimum Gasteiger partial charge on any atom is -0.463 e. The lowest BCUT2D eigenvalue weighted by atomic mass is 10.2. The van der Waals surface area contributed by atoms with Gasteiger partial charge in [-0.1, -0.05) is 60.7 Å². The van der Waals surface area contributed by atoms with Crippen LogP contribution in [0.2, 0.25) is 0 Å². The molecule has 0 N–H and O–H groups in total. The second-order valence-corrected chi connectivity index (χ2v) is 7.18. The third-order valence-electron chi connectivity index (χ3n) is 4.43. The molecule has 0 aromatic heterocycles. The number of unbranched alkanes of at least 4 members (excludes halogenated alkanes) is 2. The van der Waals surface area contributed by atoms with Crippen LogP contribution in [0.3, 0.4) is 0 Å². The molecule has 0 aliphatic rings. The predicted molar refractivity (Wildman–Crippen MR) is 129 cm³/mol. The fourth-order valence-electron chi connectivity index (χ4n) is 2.66. The Kier molecular flexibility index (Phi) is 13.0. The number of benzene rings is 2. The molecule has 0 atom stereocenters. The fraction of sp³-hybridized carbons (Fsp3) is 0.296. The van der Waals surface area contributed by atoms with Gasteiger partial charge >= 0.3 is 18.1 Å². The lowest BCUT2D eigenvalue weighted by molar-refractivity contribution is -0.138. The summed E-state index contributed by atoms with van der Waals surface area (Å²) < 4.78 is 20.1. The van der Waals surface area contributed by atoms with Gasteiger partial charge in [-0.3, -0.25) is 0 Å². The van der Waals surface area contributed by atoms with Crippen molar-refractivity contribution < 1.29 is 33.3 Å². The van der Waals surface area contributed by atoms with Gasteiger partial charge in [0.15, 0.2) is 0 Å². The lowest BCUT2D eigenvalue weighted by Gasteiger charge is -2.06. The van der Waals surface area contributed by atoms with E-state index in [2.05, 4.69) is 0 Å². The number of hydrogen-bond donors (Lipinski definition) is 0. The van der Waals surface area contributed by atoms with Crippen molar-refractivity contribution in [1.29, 1.82) is 0 Å². The Bertz CT molecular complexity index is 845. The predicted octanol–water partition coefficient (Wildman–Crippen LogP) is 5.21. The Morgan fingerprint density at radius 1 is 0.529 bits per heavy atom. The van der Waals surface area contributed by atoms with Gasteiger partial charge in [0.2, 0.25) is 0 Å². The van der Waals surface area contributed by atoms with Crippen LogP contribution in [0.4, 0.5) is 4.79 Å². The summed E-state index contributed by atoms with van der Waals surface area (Å²) in [6.45, 7) is 0.856. The molecular weight excluding hydrogens is 436 g/mol. The zero-order chi connectivity index (χ0) is 24.3. The van der Waals surface area contributed by atoms with Crippen molar-refractivity contribution in [2.24, 2.45) is 0 Å². The van der Waals surface area contributed by atoms with Crippen molar-refractivity contribution in [2.75, 3.05) is 26.4 Å². The molecule has 7 nitrogen and oxygen atoms in total. The zero-order valence-electron chi connectivity index (χ0n) is 19.1. The van der Waals surface area contributed by atoms with Gasteiger partial charge in [-0.05, 0) is 49.0 Å². The first-order valence-corrected chi connectivity index (χ1v) is 11.2. The molecule has 34 heavy (non-hydrogen) atoms. The highest BCUT2D eigenvalue weighted by atomic mass is 16.7. The van der Waals surface area contributed by atoms with Gasteiger partial charge < -0.3 is 18.9 Å². The van der Waals surface area contributed by atoms with E-state index in [9.17, 15) is 14.4 Å². The summed E-state index contributed by atoms with van der Waals surface area (Å²) in [7, 11) is 0. The highest BCUT2D eigenvalue weighted by molar-refractivity contribution is 5.87.